The lowest BCUT2D eigenvalue weighted by Gasteiger charge is -1.98. The van der Waals surface area contributed by atoms with Gasteiger partial charge >= 0.3 is 0 Å². The second kappa shape index (κ2) is 2.62. The van der Waals surface area contributed by atoms with Gasteiger partial charge in [-0.2, -0.15) is 0 Å². The molecule has 0 radical (unpaired) electrons. The summed E-state index contributed by atoms with van der Waals surface area (Å²) in [5.74, 6) is -0.618. The third-order valence-electron chi connectivity index (χ3n) is 1.38. The number of rotatable bonds is 1. The van der Waals surface area contributed by atoms with E-state index in [1.165, 1.54) is 25.1 Å². The van der Waals surface area contributed by atoms with Gasteiger partial charge in [0.1, 0.15) is 0 Å². The Bertz CT molecular complexity index is 291. The fourth-order valence-electron chi connectivity index (χ4n) is 0.742. The summed E-state index contributed by atoms with van der Waals surface area (Å²) >= 11 is 0. The van der Waals surface area contributed by atoms with E-state index in [-0.39, 0.29) is 17.3 Å². The molecule has 1 rings (SSSR count). The second-order valence-corrected chi connectivity index (χ2v) is 2.26. The molecule has 0 spiro atoms. The number of phenolic OH excluding ortho intramolecular Hbond substituents is 2. The highest BCUT2D eigenvalue weighted by molar-refractivity contribution is 5.94. The van der Waals surface area contributed by atoms with Crippen LogP contribution in [-0.2, 0) is 0 Å². The Labute approximate surface area is 63.9 Å². The average molecular weight is 152 g/mol. The first-order valence-electron chi connectivity index (χ1n) is 3.14. The van der Waals surface area contributed by atoms with Crippen LogP contribution in [0, 0.1) is 0 Å². The fourth-order valence-corrected chi connectivity index (χ4v) is 0.742. The van der Waals surface area contributed by atoms with Crippen LogP contribution in [0.1, 0.15) is 17.3 Å². The van der Waals surface area contributed by atoms with Crippen molar-refractivity contribution in [2.45, 2.75) is 6.92 Å². The molecule has 0 aliphatic rings. The van der Waals surface area contributed by atoms with Gasteiger partial charge < -0.3 is 10.2 Å². The molecule has 0 heterocycles. The molecule has 0 fully saturated rings. The van der Waals surface area contributed by atoms with Crippen molar-refractivity contribution in [3.63, 3.8) is 0 Å². The van der Waals surface area contributed by atoms with Crippen molar-refractivity contribution < 1.29 is 15.0 Å². The van der Waals surface area contributed by atoms with Crippen molar-refractivity contribution in [3.8, 4) is 11.5 Å². The van der Waals surface area contributed by atoms with E-state index >= 15 is 0 Å². The first kappa shape index (κ1) is 7.60. The van der Waals surface area contributed by atoms with Gasteiger partial charge in [-0.25, -0.2) is 0 Å². The minimum absolute atomic E-state index is 0.139. The molecule has 0 aliphatic heterocycles. The Morgan fingerprint density at radius 3 is 2.36 bits per heavy atom. The largest absolute Gasteiger partial charge is 0.504 e. The summed E-state index contributed by atoms with van der Waals surface area (Å²) in [7, 11) is 0. The fraction of sp³-hybridized carbons (Fsp3) is 0.125. The Morgan fingerprint density at radius 2 is 1.91 bits per heavy atom. The number of hydrogen-bond donors (Lipinski definition) is 2. The Hall–Kier alpha value is -1.51. The highest BCUT2D eigenvalue weighted by atomic mass is 16.3. The number of aromatic hydroxyl groups is 2. The van der Waals surface area contributed by atoms with E-state index in [0.29, 0.717) is 5.56 Å². The first-order chi connectivity index (χ1) is 5.11. The van der Waals surface area contributed by atoms with E-state index in [4.69, 9.17) is 10.2 Å². The second-order valence-electron chi connectivity index (χ2n) is 2.26. The highest BCUT2D eigenvalue weighted by Gasteiger charge is 2.02. The molecule has 0 aliphatic carbocycles. The van der Waals surface area contributed by atoms with Crippen molar-refractivity contribution in [2.75, 3.05) is 0 Å². The van der Waals surface area contributed by atoms with E-state index in [9.17, 15) is 4.79 Å². The lowest BCUT2D eigenvalue weighted by molar-refractivity contribution is 0.101. The Kier molecular flexibility index (Phi) is 1.81. The summed E-state index contributed by atoms with van der Waals surface area (Å²) in [5.41, 5.74) is 0.389. The minimum atomic E-state index is -0.266. The van der Waals surface area contributed by atoms with E-state index in [0.717, 1.165) is 0 Å². The molecule has 3 nitrogen and oxygen atoms in total. The summed E-state index contributed by atoms with van der Waals surface area (Å²) in [6.07, 6.45) is 0. The van der Waals surface area contributed by atoms with Crippen LogP contribution >= 0.6 is 0 Å². The maximum Gasteiger partial charge on any atom is 0.159 e. The lowest BCUT2D eigenvalue weighted by Crippen LogP contribution is -1.89. The van der Waals surface area contributed by atoms with Crippen molar-refractivity contribution in [2.24, 2.45) is 0 Å². The predicted molar refractivity (Wildman–Crippen MR) is 39.8 cm³/mol. The standard InChI is InChI=1S/C8H8O3/c1-5(9)6-2-3-7(10)8(11)4-6/h2-4,10-11H,1H3. The summed E-state index contributed by atoms with van der Waals surface area (Å²) in [6, 6.07) is 3.97. The molecule has 0 saturated carbocycles. The SMILES string of the molecule is CC(=O)c1ccc(O)c(O)c1. The molecule has 3 heteroatoms. The van der Waals surface area contributed by atoms with Crippen molar-refractivity contribution in [1.82, 2.24) is 0 Å². The molecule has 2 N–H and O–H groups in total. The van der Waals surface area contributed by atoms with Gasteiger partial charge in [0, 0.05) is 5.56 Å². The number of benzene rings is 1. The van der Waals surface area contributed by atoms with E-state index in [1.807, 2.05) is 0 Å². The maximum absolute atomic E-state index is 10.7. The van der Waals surface area contributed by atoms with Crippen molar-refractivity contribution in [3.05, 3.63) is 23.8 Å². The molecule has 0 saturated heterocycles. The van der Waals surface area contributed by atoms with Gasteiger partial charge in [0.2, 0.25) is 0 Å². The van der Waals surface area contributed by atoms with Crippen LogP contribution in [0.3, 0.4) is 0 Å². The number of carbonyl (C=O) groups excluding carboxylic acids is 1. The molecule has 58 valence electrons. The first-order valence-corrected chi connectivity index (χ1v) is 3.14. The maximum atomic E-state index is 10.7. The monoisotopic (exact) mass is 152 g/mol. The van der Waals surface area contributed by atoms with Crippen LogP contribution in [-0.4, -0.2) is 16.0 Å². The number of hydrogen-bond acceptors (Lipinski definition) is 3. The molecule has 0 amide bonds. The number of Topliss-reactive ketones (excluding diaryl/α,β-unsaturated/α-hetero) is 1. The molecule has 0 unspecified atom stereocenters. The third-order valence-corrected chi connectivity index (χ3v) is 1.38. The highest BCUT2D eigenvalue weighted by Crippen LogP contribution is 2.24. The Morgan fingerprint density at radius 1 is 1.27 bits per heavy atom. The zero-order valence-electron chi connectivity index (χ0n) is 6.03. The Balaban J connectivity index is 3.15. The molecule has 0 bridgehead atoms. The van der Waals surface area contributed by atoms with Crippen LogP contribution in [0.25, 0.3) is 0 Å². The molecule has 1 aromatic carbocycles. The van der Waals surface area contributed by atoms with E-state index < -0.39 is 0 Å². The summed E-state index contributed by atoms with van der Waals surface area (Å²) in [5, 5.41) is 17.8. The molecular formula is C8H8O3. The van der Waals surface area contributed by atoms with Crippen molar-refractivity contribution in [1.29, 1.82) is 0 Å². The summed E-state index contributed by atoms with van der Waals surface area (Å²) in [6.45, 7) is 1.39. The van der Waals surface area contributed by atoms with Gasteiger partial charge in [0.15, 0.2) is 17.3 Å². The van der Waals surface area contributed by atoms with Crippen LogP contribution in [0.2, 0.25) is 0 Å². The number of phenols is 2. The van der Waals surface area contributed by atoms with Gasteiger partial charge in [0.05, 0.1) is 0 Å². The quantitative estimate of drug-likeness (QED) is 0.471. The average Bonchev–Trinajstić information content (AvgIpc) is 1.94. The molecule has 1 aromatic rings. The summed E-state index contributed by atoms with van der Waals surface area (Å²) in [4.78, 5) is 10.7. The van der Waals surface area contributed by atoms with Crippen LogP contribution in [0.5, 0.6) is 11.5 Å². The van der Waals surface area contributed by atoms with Gasteiger partial charge in [-0.1, -0.05) is 0 Å². The zero-order valence-corrected chi connectivity index (χ0v) is 6.03. The predicted octanol–water partition coefficient (Wildman–Crippen LogP) is 1.30. The van der Waals surface area contributed by atoms with Crippen LogP contribution < -0.4 is 0 Å². The molecule has 0 atom stereocenters. The minimum Gasteiger partial charge on any atom is -0.504 e. The van der Waals surface area contributed by atoms with Crippen LogP contribution in [0.15, 0.2) is 18.2 Å². The van der Waals surface area contributed by atoms with Crippen LogP contribution in [0.4, 0.5) is 0 Å². The third kappa shape index (κ3) is 1.49. The molecular weight excluding hydrogens is 144 g/mol. The number of ketones is 1. The lowest BCUT2D eigenvalue weighted by atomic mass is 10.1. The zero-order chi connectivity index (χ0) is 8.43. The van der Waals surface area contributed by atoms with E-state index in [2.05, 4.69) is 0 Å². The topological polar surface area (TPSA) is 57.5 Å². The van der Waals surface area contributed by atoms with Gasteiger partial charge in [-0.05, 0) is 25.1 Å². The van der Waals surface area contributed by atoms with Gasteiger partial charge in [-0.3, -0.25) is 4.79 Å². The normalized spacial score (nSPS) is 9.55. The number of carbonyl (C=O) groups is 1. The molecule has 0 aromatic heterocycles. The smallest absolute Gasteiger partial charge is 0.159 e. The van der Waals surface area contributed by atoms with Crippen molar-refractivity contribution >= 4 is 5.78 Å². The summed E-state index contributed by atoms with van der Waals surface area (Å²) < 4.78 is 0. The molecule has 11 heavy (non-hydrogen) atoms. The van der Waals surface area contributed by atoms with Gasteiger partial charge in [0.25, 0.3) is 0 Å². The van der Waals surface area contributed by atoms with Gasteiger partial charge in [-0.15, -0.1) is 0 Å². The van der Waals surface area contributed by atoms with E-state index in [1.54, 1.807) is 0 Å².